The number of halogens is 1. The van der Waals surface area contributed by atoms with Gasteiger partial charge < -0.3 is 10.1 Å². The highest BCUT2D eigenvalue weighted by Crippen LogP contribution is 2.07. The molecule has 0 saturated heterocycles. The fraction of sp³-hybridized carbons (Fsp3) is 0.125. The average molecular weight is 287 g/mol. The van der Waals surface area contributed by atoms with Gasteiger partial charge in [0.25, 0.3) is 5.91 Å². The maximum Gasteiger partial charge on any atom is 0.337 e. The van der Waals surface area contributed by atoms with E-state index < -0.39 is 5.97 Å². The Kier molecular flexibility index (Phi) is 4.66. The van der Waals surface area contributed by atoms with E-state index in [1.54, 1.807) is 24.3 Å². The van der Waals surface area contributed by atoms with E-state index in [4.69, 9.17) is 0 Å². The van der Waals surface area contributed by atoms with Crippen LogP contribution in [0.3, 0.4) is 0 Å². The topological polar surface area (TPSA) is 55.4 Å². The number of esters is 1. The Balaban J connectivity index is 1.95. The summed E-state index contributed by atoms with van der Waals surface area (Å²) in [5.41, 5.74) is 1.69. The number of nitrogens with one attached hydrogen (secondary N) is 1. The second kappa shape index (κ2) is 6.65. The molecule has 0 heterocycles. The van der Waals surface area contributed by atoms with E-state index in [1.807, 2.05) is 0 Å². The van der Waals surface area contributed by atoms with Crippen molar-refractivity contribution < 1.29 is 18.7 Å². The summed E-state index contributed by atoms with van der Waals surface area (Å²) in [6.07, 6.45) is 0. The smallest absolute Gasteiger partial charge is 0.337 e. The van der Waals surface area contributed by atoms with E-state index in [-0.39, 0.29) is 11.7 Å². The molecule has 0 aromatic heterocycles. The summed E-state index contributed by atoms with van der Waals surface area (Å²) in [7, 11) is 1.32. The molecule has 108 valence electrons. The molecule has 0 unspecified atom stereocenters. The lowest BCUT2D eigenvalue weighted by Crippen LogP contribution is -2.22. The van der Waals surface area contributed by atoms with Crippen LogP contribution in [0, 0.1) is 5.82 Å². The third-order valence-corrected chi connectivity index (χ3v) is 2.93. The Hall–Kier alpha value is -2.69. The average Bonchev–Trinajstić information content (AvgIpc) is 2.53. The summed E-state index contributed by atoms with van der Waals surface area (Å²) >= 11 is 0. The lowest BCUT2D eigenvalue weighted by Gasteiger charge is -2.06. The van der Waals surface area contributed by atoms with Gasteiger partial charge in [-0.15, -0.1) is 0 Å². The molecule has 0 aliphatic rings. The van der Waals surface area contributed by atoms with Gasteiger partial charge in [0, 0.05) is 12.1 Å². The van der Waals surface area contributed by atoms with Crippen molar-refractivity contribution in [3.63, 3.8) is 0 Å². The van der Waals surface area contributed by atoms with Crippen LogP contribution in [0.5, 0.6) is 0 Å². The second-order valence-corrected chi connectivity index (χ2v) is 4.38. The van der Waals surface area contributed by atoms with Gasteiger partial charge in [-0.2, -0.15) is 0 Å². The zero-order valence-corrected chi connectivity index (χ0v) is 11.4. The molecular weight excluding hydrogens is 273 g/mol. The first-order chi connectivity index (χ1) is 10.1. The molecule has 0 fully saturated rings. The molecule has 0 saturated carbocycles. The second-order valence-electron chi connectivity index (χ2n) is 4.38. The molecule has 2 aromatic carbocycles. The minimum atomic E-state index is -0.406. The Morgan fingerprint density at radius 1 is 1.00 bits per heavy atom. The van der Waals surface area contributed by atoms with Crippen molar-refractivity contribution in [2.24, 2.45) is 0 Å². The first-order valence-corrected chi connectivity index (χ1v) is 6.31. The molecule has 0 aliphatic carbocycles. The standard InChI is InChI=1S/C16H14FNO3/c1-21-16(20)13-4-2-11(3-5-13)10-18-15(19)12-6-8-14(17)9-7-12/h2-9H,10H2,1H3,(H,18,19). The van der Waals surface area contributed by atoms with Crippen LogP contribution in [0.15, 0.2) is 48.5 Å². The van der Waals surface area contributed by atoms with Crippen molar-refractivity contribution >= 4 is 11.9 Å². The monoisotopic (exact) mass is 287 g/mol. The molecule has 0 radical (unpaired) electrons. The zero-order valence-electron chi connectivity index (χ0n) is 11.4. The molecule has 2 rings (SSSR count). The maximum absolute atomic E-state index is 12.8. The summed E-state index contributed by atoms with van der Waals surface area (Å²) < 4.78 is 17.4. The van der Waals surface area contributed by atoms with Crippen molar-refractivity contribution in [2.75, 3.05) is 7.11 Å². The number of hydrogen-bond donors (Lipinski definition) is 1. The van der Waals surface area contributed by atoms with Crippen molar-refractivity contribution in [3.05, 3.63) is 71.0 Å². The van der Waals surface area contributed by atoms with Gasteiger partial charge in [0.05, 0.1) is 12.7 Å². The zero-order chi connectivity index (χ0) is 15.2. The quantitative estimate of drug-likeness (QED) is 0.879. The maximum atomic E-state index is 12.8. The Morgan fingerprint density at radius 2 is 1.57 bits per heavy atom. The molecule has 1 amide bonds. The Labute approximate surface area is 121 Å². The summed E-state index contributed by atoms with van der Waals surface area (Å²) in [5, 5.41) is 2.72. The molecule has 2 aromatic rings. The highest BCUT2D eigenvalue weighted by atomic mass is 19.1. The first kappa shape index (κ1) is 14.7. The van der Waals surface area contributed by atoms with Gasteiger partial charge in [0.2, 0.25) is 0 Å². The van der Waals surface area contributed by atoms with Crippen LogP contribution < -0.4 is 5.32 Å². The highest BCUT2D eigenvalue weighted by molar-refractivity contribution is 5.94. The van der Waals surface area contributed by atoms with Crippen molar-refractivity contribution in [3.8, 4) is 0 Å². The number of carbonyl (C=O) groups excluding carboxylic acids is 2. The van der Waals surface area contributed by atoms with Crippen LogP contribution >= 0.6 is 0 Å². The van der Waals surface area contributed by atoms with Crippen LogP contribution in [-0.4, -0.2) is 19.0 Å². The number of rotatable bonds is 4. The molecule has 0 bridgehead atoms. The minimum Gasteiger partial charge on any atom is -0.465 e. The SMILES string of the molecule is COC(=O)c1ccc(CNC(=O)c2ccc(F)cc2)cc1. The summed E-state index contributed by atoms with van der Waals surface area (Å²) in [5.74, 6) is -1.08. The van der Waals surface area contributed by atoms with Gasteiger partial charge in [-0.3, -0.25) is 4.79 Å². The third-order valence-electron chi connectivity index (χ3n) is 2.93. The summed E-state index contributed by atoms with van der Waals surface area (Å²) in [6, 6.07) is 12.0. The van der Waals surface area contributed by atoms with E-state index in [1.165, 1.54) is 31.4 Å². The van der Waals surface area contributed by atoms with Gasteiger partial charge in [0.1, 0.15) is 5.82 Å². The third kappa shape index (κ3) is 3.89. The number of hydrogen-bond acceptors (Lipinski definition) is 3. The number of ether oxygens (including phenoxy) is 1. The Morgan fingerprint density at radius 3 is 2.14 bits per heavy atom. The van der Waals surface area contributed by atoms with Gasteiger partial charge in [0.15, 0.2) is 0 Å². The van der Waals surface area contributed by atoms with E-state index in [0.29, 0.717) is 17.7 Å². The first-order valence-electron chi connectivity index (χ1n) is 6.31. The van der Waals surface area contributed by atoms with Crippen LogP contribution in [0.4, 0.5) is 4.39 Å². The summed E-state index contributed by atoms with van der Waals surface area (Å²) in [4.78, 5) is 23.1. The van der Waals surface area contributed by atoms with E-state index in [2.05, 4.69) is 10.1 Å². The summed E-state index contributed by atoms with van der Waals surface area (Å²) in [6.45, 7) is 0.317. The van der Waals surface area contributed by atoms with Gasteiger partial charge in [-0.1, -0.05) is 12.1 Å². The Bertz CT molecular complexity index is 636. The fourth-order valence-corrected chi connectivity index (χ4v) is 1.76. The van der Waals surface area contributed by atoms with Gasteiger partial charge in [-0.05, 0) is 42.0 Å². The number of methoxy groups -OCH3 is 1. The lowest BCUT2D eigenvalue weighted by molar-refractivity contribution is 0.0600. The molecule has 5 heteroatoms. The molecule has 4 nitrogen and oxygen atoms in total. The highest BCUT2D eigenvalue weighted by Gasteiger charge is 2.07. The fourth-order valence-electron chi connectivity index (χ4n) is 1.76. The molecular formula is C16H14FNO3. The normalized spacial score (nSPS) is 10.0. The molecule has 1 N–H and O–H groups in total. The van der Waals surface area contributed by atoms with E-state index >= 15 is 0 Å². The molecule has 21 heavy (non-hydrogen) atoms. The predicted octanol–water partition coefficient (Wildman–Crippen LogP) is 2.54. The number of carbonyl (C=O) groups is 2. The van der Waals surface area contributed by atoms with Crippen LogP contribution in [0.1, 0.15) is 26.3 Å². The minimum absolute atomic E-state index is 0.285. The van der Waals surface area contributed by atoms with Crippen molar-refractivity contribution in [2.45, 2.75) is 6.54 Å². The van der Waals surface area contributed by atoms with Crippen LogP contribution in [-0.2, 0) is 11.3 Å². The largest absolute Gasteiger partial charge is 0.465 e. The molecule has 0 atom stereocenters. The van der Waals surface area contributed by atoms with Gasteiger partial charge >= 0.3 is 5.97 Å². The van der Waals surface area contributed by atoms with Crippen molar-refractivity contribution in [1.82, 2.24) is 5.32 Å². The predicted molar refractivity (Wildman–Crippen MR) is 75.4 cm³/mol. The molecule has 0 spiro atoms. The van der Waals surface area contributed by atoms with Crippen LogP contribution in [0.2, 0.25) is 0 Å². The van der Waals surface area contributed by atoms with Gasteiger partial charge in [-0.25, -0.2) is 9.18 Å². The van der Waals surface area contributed by atoms with Crippen molar-refractivity contribution in [1.29, 1.82) is 0 Å². The molecule has 0 aliphatic heterocycles. The van der Waals surface area contributed by atoms with Crippen LogP contribution in [0.25, 0.3) is 0 Å². The van der Waals surface area contributed by atoms with E-state index in [9.17, 15) is 14.0 Å². The number of amides is 1. The van der Waals surface area contributed by atoms with E-state index in [0.717, 1.165) is 5.56 Å². The number of benzene rings is 2. The lowest BCUT2D eigenvalue weighted by atomic mass is 10.1.